The number of hydrogen-bond acceptors (Lipinski definition) is 4. The summed E-state index contributed by atoms with van der Waals surface area (Å²) in [6.45, 7) is 18.7. The first kappa shape index (κ1) is 27.3. The molecule has 208 valence electrons. The molecule has 0 amide bonds. The lowest BCUT2D eigenvalue weighted by Gasteiger charge is -2.70. The molecule has 5 aliphatic rings. The summed E-state index contributed by atoms with van der Waals surface area (Å²) in [4.78, 5) is 25.3. The van der Waals surface area contributed by atoms with E-state index in [1.165, 1.54) is 19.3 Å². The molecule has 4 heteroatoms. The van der Waals surface area contributed by atoms with Gasteiger partial charge in [0.15, 0.2) is 0 Å². The molecule has 0 saturated heterocycles. The predicted molar refractivity (Wildman–Crippen MR) is 147 cm³/mol. The molecule has 5 rings (SSSR count). The van der Waals surface area contributed by atoms with Crippen LogP contribution in [0.1, 0.15) is 120 Å². The molecular formula is C33H52O4. The highest BCUT2D eigenvalue weighted by Gasteiger charge is 2.68. The number of esters is 2. The van der Waals surface area contributed by atoms with Crippen LogP contribution in [0.25, 0.3) is 0 Å². The summed E-state index contributed by atoms with van der Waals surface area (Å²) in [6, 6.07) is 0. The van der Waals surface area contributed by atoms with Crippen molar-refractivity contribution in [3.63, 3.8) is 0 Å². The van der Waals surface area contributed by atoms with Gasteiger partial charge in [-0.3, -0.25) is 9.59 Å². The van der Waals surface area contributed by atoms with E-state index in [0.29, 0.717) is 17.8 Å². The van der Waals surface area contributed by atoms with Crippen LogP contribution in [0.3, 0.4) is 0 Å². The van der Waals surface area contributed by atoms with Crippen LogP contribution in [0.15, 0.2) is 11.6 Å². The molecule has 0 N–H and O–H groups in total. The fourth-order valence-electron chi connectivity index (χ4n) is 11.4. The third kappa shape index (κ3) is 3.65. The van der Waals surface area contributed by atoms with Gasteiger partial charge in [-0.1, -0.05) is 60.1 Å². The zero-order valence-electron chi connectivity index (χ0n) is 25.1. The lowest BCUT2D eigenvalue weighted by molar-refractivity contribution is -0.201. The average molecular weight is 513 g/mol. The molecule has 4 saturated carbocycles. The van der Waals surface area contributed by atoms with Gasteiger partial charge in [0.05, 0.1) is 12.5 Å². The molecule has 0 bridgehead atoms. The SMILES string of the molecule is COC(=O)C12CC=C3C(C)(CCC4C3(C)CCC3C(C)(C)C(OC(C)=O)CCC43C)C1CC(C)(C)CC2. The maximum atomic E-state index is 13.4. The van der Waals surface area contributed by atoms with Gasteiger partial charge in [0, 0.05) is 12.3 Å². The van der Waals surface area contributed by atoms with E-state index in [1.807, 2.05) is 0 Å². The minimum absolute atomic E-state index is 0.0142. The van der Waals surface area contributed by atoms with E-state index in [9.17, 15) is 9.59 Å². The molecule has 0 heterocycles. The molecule has 4 nitrogen and oxygen atoms in total. The van der Waals surface area contributed by atoms with Crippen molar-refractivity contribution < 1.29 is 19.1 Å². The molecule has 0 aromatic heterocycles. The Kier molecular flexibility index (Phi) is 6.14. The van der Waals surface area contributed by atoms with Gasteiger partial charge in [0.25, 0.3) is 0 Å². The zero-order chi connectivity index (χ0) is 27.2. The monoisotopic (exact) mass is 512 g/mol. The zero-order valence-corrected chi connectivity index (χ0v) is 25.1. The van der Waals surface area contributed by atoms with E-state index in [2.05, 4.69) is 54.5 Å². The second kappa shape index (κ2) is 8.34. The fraction of sp³-hybridized carbons (Fsp3) is 0.879. The summed E-state index contributed by atoms with van der Waals surface area (Å²) in [5, 5.41) is 0. The van der Waals surface area contributed by atoms with E-state index in [4.69, 9.17) is 9.47 Å². The lowest BCUT2D eigenvalue weighted by atomic mass is 9.34. The molecule has 0 aliphatic heterocycles. The molecule has 8 unspecified atom stereocenters. The number of methoxy groups -OCH3 is 1. The van der Waals surface area contributed by atoms with Crippen LogP contribution >= 0.6 is 0 Å². The molecule has 5 aliphatic carbocycles. The van der Waals surface area contributed by atoms with Crippen LogP contribution in [-0.4, -0.2) is 25.2 Å². The number of rotatable bonds is 2. The maximum absolute atomic E-state index is 13.4. The Morgan fingerprint density at radius 1 is 0.811 bits per heavy atom. The van der Waals surface area contributed by atoms with Crippen molar-refractivity contribution in [1.29, 1.82) is 0 Å². The van der Waals surface area contributed by atoms with Gasteiger partial charge in [-0.25, -0.2) is 0 Å². The smallest absolute Gasteiger partial charge is 0.312 e. The number of carbonyl (C=O) groups excluding carboxylic acids is 2. The highest BCUT2D eigenvalue weighted by molar-refractivity contribution is 5.78. The summed E-state index contributed by atoms with van der Waals surface area (Å²) in [7, 11) is 1.59. The number of allylic oxidation sites excluding steroid dienone is 2. The van der Waals surface area contributed by atoms with Gasteiger partial charge in [0.2, 0.25) is 0 Å². The molecule has 0 aromatic rings. The molecule has 4 fully saturated rings. The first-order chi connectivity index (χ1) is 17.1. The van der Waals surface area contributed by atoms with Crippen molar-refractivity contribution in [2.24, 2.45) is 50.2 Å². The quantitative estimate of drug-likeness (QED) is 0.279. The van der Waals surface area contributed by atoms with E-state index in [-0.39, 0.29) is 50.5 Å². The first-order valence-corrected chi connectivity index (χ1v) is 15.0. The summed E-state index contributed by atoms with van der Waals surface area (Å²) >= 11 is 0. The van der Waals surface area contributed by atoms with Crippen LogP contribution in [0.5, 0.6) is 0 Å². The van der Waals surface area contributed by atoms with Crippen LogP contribution < -0.4 is 0 Å². The van der Waals surface area contributed by atoms with Crippen molar-refractivity contribution in [3.8, 4) is 0 Å². The van der Waals surface area contributed by atoms with Gasteiger partial charge >= 0.3 is 11.9 Å². The average Bonchev–Trinajstić information content (AvgIpc) is 2.80. The summed E-state index contributed by atoms with van der Waals surface area (Å²) in [6.07, 6.45) is 13.4. The Morgan fingerprint density at radius 2 is 1.43 bits per heavy atom. The molecule has 8 atom stereocenters. The Labute approximate surface area is 225 Å². The van der Waals surface area contributed by atoms with Gasteiger partial charge in [0.1, 0.15) is 6.10 Å². The number of hydrogen-bond donors (Lipinski definition) is 0. The van der Waals surface area contributed by atoms with Crippen molar-refractivity contribution in [2.45, 2.75) is 126 Å². The topological polar surface area (TPSA) is 52.6 Å². The van der Waals surface area contributed by atoms with Crippen LogP contribution in [0.2, 0.25) is 0 Å². The largest absolute Gasteiger partial charge is 0.469 e. The Hall–Kier alpha value is -1.32. The van der Waals surface area contributed by atoms with E-state index in [0.717, 1.165) is 44.9 Å². The minimum Gasteiger partial charge on any atom is -0.469 e. The lowest BCUT2D eigenvalue weighted by Crippen LogP contribution is -2.64. The second-order valence-corrected chi connectivity index (χ2v) is 15.9. The second-order valence-electron chi connectivity index (χ2n) is 15.9. The van der Waals surface area contributed by atoms with Gasteiger partial charge in [-0.05, 0) is 104 Å². The standard InChI is InChI=1S/C33H52O4/c1-21(34)37-26-13-16-30(6)22(29(26,4)5)10-14-31(7)23(30)11-15-32(8)24(31)12-17-33(27(35)36-9)19-18-28(2,3)20-25(32)33/h12,22-23,25-26H,10-11,13-20H2,1-9H3. The van der Waals surface area contributed by atoms with Gasteiger partial charge < -0.3 is 9.47 Å². The van der Waals surface area contributed by atoms with Crippen molar-refractivity contribution >= 4 is 11.9 Å². The van der Waals surface area contributed by atoms with Crippen molar-refractivity contribution in [1.82, 2.24) is 0 Å². The van der Waals surface area contributed by atoms with E-state index in [1.54, 1.807) is 19.6 Å². The number of ether oxygens (including phenoxy) is 2. The minimum atomic E-state index is -0.364. The number of fused-ring (bicyclic) bond motifs is 7. The summed E-state index contributed by atoms with van der Waals surface area (Å²) < 4.78 is 11.4. The molecule has 37 heavy (non-hydrogen) atoms. The first-order valence-electron chi connectivity index (χ1n) is 15.0. The fourth-order valence-corrected chi connectivity index (χ4v) is 11.4. The normalized spacial score (nSPS) is 47.8. The highest BCUT2D eigenvalue weighted by Crippen LogP contribution is 2.75. The molecule has 0 aromatic carbocycles. The van der Waals surface area contributed by atoms with Crippen LogP contribution in [0.4, 0.5) is 0 Å². The molecule has 0 radical (unpaired) electrons. The summed E-state index contributed by atoms with van der Waals surface area (Å²) in [5.74, 6) is 1.40. The Bertz CT molecular complexity index is 1010. The third-order valence-corrected chi connectivity index (χ3v) is 13.2. The Morgan fingerprint density at radius 3 is 2.05 bits per heavy atom. The molecule has 0 spiro atoms. The summed E-state index contributed by atoms with van der Waals surface area (Å²) in [5.41, 5.74) is 1.98. The van der Waals surface area contributed by atoms with Gasteiger partial charge in [-0.15, -0.1) is 0 Å². The molecular weight excluding hydrogens is 460 g/mol. The van der Waals surface area contributed by atoms with E-state index < -0.39 is 0 Å². The van der Waals surface area contributed by atoms with Crippen LogP contribution in [-0.2, 0) is 19.1 Å². The van der Waals surface area contributed by atoms with Gasteiger partial charge in [-0.2, -0.15) is 0 Å². The highest BCUT2D eigenvalue weighted by atomic mass is 16.5. The Balaban J connectivity index is 1.54. The number of carbonyl (C=O) groups is 2. The van der Waals surface area contributed by atoms with Crippen molar-refractivity contribution in [3.05, 3.63) is 11.6 Å². The van der Waals surface area contributed by atoms with Crippen molar-refractivity contribution in [2.75, 3.05) is 7.11 Å². The van der Waals surface area contributed by atoms with Crippen LogP contribution in [0, 0.1) is 50.2 Å². The maximum Gasteiger partial charge on any atom is 0.312 e. The predicted octanol–water partition coefficient (Wildman–Crippen LogP) is 7.89. The van der Waals surface area contributed by atoms with E-state index >= 15 is 0 Å². The third-order valence-electron chi connectivity index (χ3n) is 13.2.